The predicted molar refractivity (Wildman–Crippen MR) is 67.2 cm³/mol. The summed E-state index contributed by atoms with van der Waals surface area (Å²) in [5, 5.41) is 0. The lowest BCUT2D eigenvalue weighted by molar-refractivity contribution is 0.308. The highest BCUT2D eigenvalue weighted by Crippen LogP contribution is 2.33. The van der Waals surface area contributed by atoms with Gasteiger partial charge in [0.05, 0.1) is 0 Å². The molecule has 0 radical (unpaired) electrons. The van der Waals surface area contributed by atoms with Crippen LogP contribution in [0.3, 0.4) is 0 Å². The average Bonchev–Trinajstić information content (AvgIpc) is 2.13. The van der Waals surface area contributed by atoms with E-state index in [4.69, 9.17) is 4.43 Å². The van der Waals surface area contributed by atoms with Crippen LogP contribution in [-0.2, 0) is 4.43 Å². The van der Waals surface area contributed by atoms with E-state index in [-0.39, 0.29) is 0 Å². The Morgan fingerprint density at radius 1 is 1.07 bits per heavy atom. The van der Waals surface area contributed by atoms with Crippen molar-refractivity contribution in [3.8, 4) is 0 Å². The van der Waals surface area contributed by atoms with Gasteiger partial charge in [0.1, 0.15) is 0 Å². The van der Waals surface area contributed by atoms with E-state index in [0.29, 0.717) is 0 Å². The maximum atomic E-state index is 5.97. The molecule has 0 spiro atoms. The summed E-state index contributed by atoms with van der Waals surface area (Å²) in [6.07, 6.45) is 3.93. The second-order valence-electron chi connectivity index (χ2n) is 4.89. The van der Waals surface area contributed by atoms with Crippen LogP contribution < -0.4 is 0 Å². The predicted octanol–water partition coefficient (Wildman–Crippen LogP) is 4.44. The summed E-state index contributed by atoms with van der Waals surface area (Å²) in [4.78, 5) is 0. The zero-order valence-electron chi connectivity index (χ0n) is 10.9. The van der Waals surface area contributed by atoms with Gasteiger partial charge in [0.15, 0.2) is 8.32 Å². The SMILES string of the molecule is CCO[Si](C)(C)C(CC)CC(C)CC. The Morgan fingerprint density at radius 3 is 2.00 bits per heavy atom. The van der Waals surface area contributed by atoms with Crippen LogP contribution in [0.15, 0.2) is 0 Å². The van der Waals surface area contributed by atoms with E-state index >= 15 is 0 Å². The lowest BCUT2D eigenvalue weighted by atomic mass is 10.0. The number of hydrogen-bond donors (Lipinski definition) is 0. The topological polar surface area (TPSA) is 9.23 Å². The molecule has 0 amide bonds. The Morgan fingerprint density at radius 2 is 1.64 bits per heavy atom. The summed E-state index contributed by atoms with van der Waals surface area (Å²) >= 11 is 0. The normalized spacial score (nSPS) is 16.7. The van der Waals surface area contributed by atoms with Crippen molar-refractivity contribution in [2.24, 2.45) is 5.92 Å². The van der Waals surface area contributed by atoms with Crippen molar-refractivity contribution in [3.05, 3.63) is 0 Å². The molecule has 0 saturated heterocycles. The number of rotatable bonds is 7. The Balaban J connectivity index is 4.23. The minimum absolute atomic E-state index is 0.831. The second kappa shape index (κ2) is 6.62. The molecule has 14 heavy (non-hydrogen) atoms. The van der Waals surface area contributed by atoms with Crippen molar-refractivity contribution in [1.29, 1.82) is 0 Å². The van der Waals surface area contributed by atoms with Crippen LogP contribution in [0.5, 0.6) is 0 Å². The van der Waals surface area contributed by atoms with Gasteiger partial charge in [0.25, 0.3) is 0 Å². The highest BCUT2D eigenvalue weighted by atomic mass is 28.4. The molecule has 0 bridgehead atoms. The van der Waals surface area contributed by atoms with E-state index in [0.717, 1.165) is 18.1 Å². The molecule has 0 rings (SSSR count). The van der Waals surface area contributed by atoms with Gasteiger partial charge in [-0.2, -0.15) is 0 Å². The fourth-order valence-electron chi connectivity index (χ4n) is 2.08. The first-order chi connectivity index (χ1) is 6.47. The van der Waals surface area contributed by atoms with E-state index in [2.05, 4.69) is 40.8 Å². The van der Waals surface area contributed by atoms with Crippen LogP contribution in [-0.4, -0.2) is 14.9 Å². The van der Waals surface area contributed by atoms with Gasteiger partial charge in [-0.3, -0.25) is 0 Å². The molecular weight excluding hydrogens is 188 g/mol. The van der Waals surface area contributed by atoms with Crippen LogP contribution in [0.2, 0.25) is 18.6 Å². The van der Waals surface area contributed by atoms with Crippen molar-refractivity contribution in [1.82, 2.24) is 0 Å². The van der Waals surface area contributed by atoms with Gasteiger partial charge < -0.3 is 4.43 Å². The van der Waals surface area contributed by atoms with Crippen molar-refractivity contribution in [2.45, 2.75) is 65.6 Å². The summed E-state index contributed by atoms with van der Waals surface area (Å²) < 4.78 is 5.97. The average molecular weight is 216 g/mol. The monoisotopic (exact) mass is 216 g/mol. The molecule has 1 nitrogen and oxygen atoms in total. The van der Waals surface area contributed by atoms with Gasteiger partial charge in [-0.25, -0.2) is 0 Å². The molecule has 0 N–H and O–H groups in total. The minimum atomic E-state index is -1.41. The smallest absolute Gasteiger partial charge is 0.189 e. The lowest BCUT2D eigenvalue weighted by Gasteiger charge is -2.32. The Labute approximate surface area is 91.4 Å². The van der Waals surface area contributed by atoms with Gasteiger partial charge in [-0.05, 0) is 37.9 Å². The largest absolute Gasteiger partial charge is 0.417 e. The maximum absolute atomic E-state index is 5.97. The van der Waals surface area contributed by atoms with E-state index in [1.807, 2.05) is 0 Å². The van der Waals surface area contributed by atoms with Gasteiger partial charge in [0.2, 0.25) is 0 Å². The molecule has 2 heteroatoms. The van der Waals surface area contributed by atoms with E-state index in [1.54, 1.807) is 0 Å². The third-order valence-electron chi connectivity index (χ3n) is 3.38. The minimum Gasteiger partial charge on any atom is -0.417 e. The molecule has 86 valence electrons. The van der Waals surface area contributed by atoms with Crippen LogP contribution in [0, 0.1) is 5.92 Å². The van der Waals surface area contributed by atoms with Crippen molar-refractivity contribution in [3.63, 3.8) is 0 Å². The molecule has 0 heterocycles. The summed E-state index contributed by atoms with van der Waals surface area (Å²) in [5.41, 5.74) is 0.831. The van der Waals surface area contributed by atoms with E-state index in [1.165, 1.54) is 19.3 Å². The molecule has 2 atom stereocenters. The fourth-order valence-corrected chi connectivity index (χ4v) is 5.02. The summed E-state index contributed by atoms with van der Waals surface area (Å²) in [7, 11) is -1.41. The molecule has 2 unspecified atom stereocenters. The first kappa shape index (κ1) is 14.2. The van der Waals surface area contributed by atoms with Crippen molar-refractivity contribution >= 4 is 8.32 Å². The molecule has 0 fully saturated rings. The second-order valence-corrected chi connectivity index (χ2v) is 9.20. The third kappa shape index (κ3) is 4.60. The summed E-state index contributed by atoms with van der Waals surface area (Å²) in [6, 6.07) is 0. The zero-order chi connectivity index (χ0) is 11.2. The highest BCUT2D eigenvalue weighted by molar-refractivity contribution is 6.72. The highest BCUT2D eigenvalue weighted by Gasteiger charge is 2.32. The lowest BCUT2D eigenvalue weighted by Crippen LogP contribution is -2.37. The van der Waals surface area contributed by atoms with E-state index < -0.39 is 8.32 Å². The first-order valence-corrected chi connectivity index (χ1v) is 9.10. The van der Waals surface area contributed by atoms with Gasteiger partial charge in [0, 0.05) is 6.61 Å². The quantitative estimate of drug-likeness (QED) is 0.572. The van der Waals surface area contributed by atoms with Crippen LogP contribution >= 0.6 is 0 Å². The molecule has 0 aromatic rings. The molecule has 0 aliphatic rings. The molecular formula is C12H28OSi. The van der Waals surface area contributed by atoms with E-state index in [9.17, 15) is 0 Å². The zero-order valence-corrected chi connectivity index (χ0v) is 11.9. The van der Waals surface area contributed by atoms with Crippen LogP contribution in [0.25, 0.3) is 0 Å². The molecule has 0 aliphatic carbocycles. The van der Waals surface area contributed by atoms with Gasteiger partial charge >= 0.3 is 0 Å². The van der Waals surface area contributed by atoms with Gasteiger partial charge in [-0.15, -0.1) is 0 Å². The summed E-state index contributed by atoms with van der Waals surface area (Å²) in [5.74, 6) is 0.854. The third-order valence-corrected chi connectivity index (χ3v) is 7.02. The van der Waals surface area contributed by atoms with Crippen LogP contribution in [0.4, 0.5) is 0 Å². The van der Waals surface area contributed by atoms with Crippen molar-refractivity contribution in [2.75, 3.05) is 6.61 Å². The molecule has 0 saturated carbocycles. The maximum Gasteiger partial charge on any atom is 0.189 e. The van der Waals surface area contributed by atoms with Crippen molar-refractivity contribution < 1.29 is 4.43 Å². The van der Waals surface area contributed by atoms with Gasteiger partial charge in [-0.1, -0.05) is 33.6 Å². The fraction of sp³-hybridized carbons (Fsp3) is 1.00. The molecule has 0 aliphatic heterocycles. The number of hydrogen-bond acceptors (Lipinski definition) is 1. The molecule has 0 aromatic heterocycles. The Bertz CT molecular complexity index is 145. The Hall–Kier alpha value is 0.177. The summed E-state index contributed by atoms with van der Waals surface area (Å²) in [6.45, 7) is 14.7. The molecule has 0 aromatic carbocycles. The first-order valence-electron chi connectivity index (χ1n) is 6.11. The Kier molecular flexibility index (Phi) is 6.71. The van der Waals surface area contributed by atoms with Crippen LogP contribution in [0.1, 0.15) is 47.0 Å². The standard InChI is InChI=1S/C12H28OSi/c1-7-11(4)10-12(8-2)14(5,6)13-9-3/h11-12H,7-10H2,1-6H3.